The minimum absolute atomic E-state index is 0.107. The van der Waals surface area contributed by atoms with E-state index in [2.05, 4.69) is 20.2 Å². The molecule has 7 nitrogen and oxygen atoms in total. The molecule has 0 unspecified atom stereocenters. The van der Waals surface area contributed by atoms with E-state index in [0.717, 1.165) is 42.7 Å². The SMILES string of the molecule is Cc1nn(C)c2nc(N3CCN(CC(=O)NC(C)C)CC3)sc12. The molecule has 0 spiro atoms. The van der Waals surface area contributed by atoms with Crippen LogP contribution in [0.1, 0.15) is 19.5 Å². The standard InChI is InChI=1S/C15H24N6OS/c1-10(2)16-12(22)9-20-5-7-21(8-6-20)15-17-14-13(23-15)11(3)18-19(14)4/h10H,5-9H2,1-4H3,(H,16,22). The predicted octanol–water partition coefficient (Wildman–Crippen LogP) is 0.985. The summed E-state index contributed by atoms with van der Waals surface area (Å²) in [5.74, 6) is 0.107. The van der Waals surface area contributed by atoms with E-state index in [9.17, 15) is 4.79 Å². The summed E-state index contributed by atoms with van der Waals surface area (Å²) >= 11 is 1.71. The summed E-state index contributed by atoms with van der Waals surface area (Å²) in [5, 5.41) is 8.40. The van der Waals surface area contributed by atoms with Gasteiger partial charge in [-0.25, -0.2) is 9.67 Å². The molecule has 0 atom stereocenters. The van der Waals surface area contributed by atoms with Gasteiger partial charge < -0.3 is 10.2 Å². The van der Waals surface area contributed by atoms with Crippen LogP contribution in [-0.4, -0.2) is 64.3 Å². The molecule has 1 aliphatic rings. The summed E-state index contributed by atoms with van der Waals surface area (Å²) in [6.07, 6.45) is 0. The van der Waals surface area contributed by atoms with Gasteiger partial charge in [0.2, 0.25) is 5.91 Å². The second-order valence-electron chi connectivity index (χ2n) is 6.34. The second kappa shape index (κ2) is 6.45. The van der Waals surface area contributed by atoms with Crippen molar-refractivity contribution < 1.29 is 4.79 Å². The fourth-order valence-corrected chi connectivity index (χ4v) is 3.96. The normalized spacial score (nSPS) is 16.5. The summed E-state index contributed by atoms with van der Waals surface area (Å²) in [6, 6.07) is 0.198. The van der Waals surface area contributed by atoms with Crippen LogP contribution in [-0.2, 0) is 11.8 Å². The molecule has 2 aromatic rings. The summed E-state index contributed by atoms with van der Waals surface area (Å²) in [7, 11) is 1.93. The third kappa shape index (κ3) is 3.48. The van der Waals surface area contributed by atoms with E-state index in [4.69, 9.17) is 4.98 Å². The van der Waals surface area contributed by atoms with Crippen molar-refractivity contribution in [2.24, 2.45) is 7.05 Å². The number of nitrogens with one attached hydrogen (secondary N) is 1. The van der Waals surface area contributed by atoms with Crippen LogP contribution in [0.3, 0.4) is 0 Å². The maximum Gasteiger partial charge on any atom is 0.234 e. The highest BCUT2D eigenvalue weighted by Crippen LogP contribution is 2.31. The molecule has 3 rings (SSSR count). The molecule has 8 heteroatoms. The van der Waals surface area contributed by atoms with Gasteiger partial charge in [0.15, 0.2) is 10.8 Å². The van der Waals surface area contributed by atoms with Crippen molar-refractivity contribution >= 4 is 32.7 Å². The van der Waals surface area contributed by atoms with E-state index >= 15 is 0 Å². The Balaban J connectivity index is 1.59. The molecular weight excluding hydrogens is 312 g/mol. The first kappa shape index (κ1) is 16.2. The van der Waals surface area contributed by atoms with Gasteiger partial charge in [-0.3, -0.25) is 9.69 Å². The number of carbonyl (C=O) groups is 1. The number of hydrogen-bond donors (Lipinski definition) is 1. The summed E-state index contributed by atoms with van der Waals surface area (Å²) in [4.78, 5) is 21.1. The van der Waals surface area contributed by atoms with E-state index in [-0.39, 0.29) is 11.9 Å². The van der Waals surface area contributed by atoms with Crippen molar-refractivity contribution in [2.45, 2.75) is 26.8 Å². The molecule has 23 heavy (non-hydrogen) atoms. The largest absolute Gasteiger partial charge is 0.353 e. The lowest BCUT2D eigenvalue weighted by molar-refractivity contribution is -0.122. The maximum atomic E-state index is 11.8. The lowest BCUT2D eigenvalue weighted by Gasteiger charge is -2.34. The number of hydrogen-bond acceptors (Lipinski definition) is 6. The van der Waals surface area contributed by atoms with Crippen molar-refractivity contribution in [3.63, 3.8) is 0 Å². The highest BCUT2D eigenvalue weighted by atomic mass is 32.1. The van der Waals surface area contributed by atoms with Crippen LogP contribution in [0.2, 0.25) is 0 Å². The monoisotopic (exact) mass is 336 g/mol. The average Bonchev–Trinajstić information content (AvgIpc) is 3.01. The molecule has 1 amide bonds. The Bertz CT molecular complexity index is 664. The molecular formula is C15H24N6OS. The van der Waals surface area contributed by atoms with E-state index in [1.165, 1.54) is 4.70 Å². The Kier molecular flexibility index (Phi) is 4.54. The van der Waals surface area contributed by atoms with Crippen LogP contribution >= 0.6 is 11.3 Å². The summed E-state index contributed by atoms with van der Waals surface area (Å²) < 4.78 is 3.01. The molecule has 0 saturated carbocycles. The number of aryl methyl sites for hydroxylation is 2. The number of rotatable bonds is 4. The zero-order valence-corrected chi connectivity index (χ0v) is 15.0. The third-order valence-corrected chi connectivity index (χ3v) is 5.21. The Morgan fingerprint density at radius 3 is 2.61 bits per heavy atom. The van der Waals surface area contributed by atoms with E-state index in [1.54, 1.807) is 11.3 Å². The van der Waals surface area contributed by atoms with E-state index in [0.29, 0.717) is 6.54 Å². The molecule has 0 aliphatic carbocycles. The number of piperazine rings is 1. The predicted molar refractivity (Wildman–Crippen MR) is 93.1 cm³/mol. The molecule has 126 valence electrons. The number of amides is 1. The van der Waals surface area contributed by atoms with E-state index < -0.39 is 0 Å². The fourth-order valence-electron chi connectivity index (χ4n) is 2.88. The Morgan fingerprint density at radius 2 is 2.00 bits per heavy atom. The highest BCUT2D eigenvalue weighted by Gasteiger charge is 2.22. The number of aromatic nitrogens is 3. The van der Waals surface area contributed by atoms with Crippen molar-refractivity contribution in [2.75, 3.05) is 37.6 Å². The minimum atomic E-state index is 0.107. The van der Waals surface area contributed by atoms with Crippen molar-refractivity contribution in [1.29, 1.82) is 0 Å². The molecule has 0 radical (unpaired) electrons. The number of nitrogens with zero attached hydrogens (tertiary/aromatic N) is 5. The molecule has 2 aromatic heterocycles. The zero-order chi connectivity index (χ0) is 16.6. The van der Waals surface area contributed by atoms with Crippen molar-refractivity contribution in [1.82, 2.24) is 25.0 Å². The molecule has 1 aliphatic heterocycles. The number of carbonyl (C=O) groups excluding carboxylic acids is 1. The van der Waals surface area contributed by atoms with Gasteiger partial charge in [0.05, 0.1) is 16.9 Å². The molecule has 0 aromatic carbocycles. The maximum absolute atomic E-state index is 11.8. The second-order valence-corrected chi connectivity index (χ2v) is 7.32. The first-order valence-corrected chi connectivity index (χ1v) is 8.82. The van der Waals surface area contributed by atoms with Gasteiger partial charge in [0.25, 0.3) is 0 Å². The minimum Gasteiger partial charge on any atom is -0.353 e. The number of thiazole rings is 1. The molecule has 1 fully saturated rings. The summed E-state index contributed by atoms with van der Waals surface area (Å²) in [6.45, 7) is 10.1. The Morgan fingerprint density at radius 1 is 1.30 bits per heavy atom. The lowest BCUT2D eigenvalue weighted by Crippen LogP contribution is -2.50. The van der Waals surface area contributed by atoms with Gasteiger partial charge >= 0.3 is 0 Å². The Hall–Kier alpha value is -1.67. The van der Waals surface area contributed by atoms with Crippen LogP contribution in [0, 0.1) is 6.92 Å². The number of anilines is 1. The van der Waals surface area contributed by atoms with Gasteiger partial charge in [-0.1, -0.05) is 11.3 Å². The van der Waals surface area contributed by atoms with Gasteiger partial charge in [-0.05, 0) is 20.8 Å². The van der Waals surface area contributed by atoms with Gasteiger partial charge in [-0.2, -0.15) is 5.10 Å². The third-order valence-electron chi connectivity index (χ3n) is 3.99. The fraction of sp³-hybridized carbons (Fsp3) is 0.667. The highest BCUT2D eigenvalue weighted by molar-refractivity contribution is 7.22. The first-order chi connectivity index (χ1) is 10.9. The Labute approximate surface area is 140 Å². The lowest BCUT2D eigenvalue weighted by atomic mass is 10.3. The van der Waals surface area contributed by atoms with Crippen molar-refractivity contribution in [3.05, 3.63) is 5.69 Å². The van der Waals surface area contributed by atoms with E-state index in [1.807, 2.05) is 32.5 Å². The average molecular weight is 336 g/mol. The van der Waals surface area contributed by atoms with Gasteiger partial charge in [0, 0.05) is 39.3 Å². The van der Waals surface area contributed by atoms with Gasteiger partial charge in [0.1, 0.15) is 0 Å². The zero-order valence-electron chi connectivity index (χ0n) is 14.2. The molecule has 0 bridgehead atoms. The van der Waals surface area contributed by atoms with Crippen LogP contribution in [0.5, 0.6) is 0 Å². The molecule has 1 saturated heterocycles. The molecule has 3 heterocycles. The quantitative estimate of drug-likeness (QED) is 0.902. The first-order valence-electron chi connectivity index (χ1n) is 8.01. The smallest absolute Gasteiger partial charge is 0.234 e. The van der Waals surface area contributed by atoms with Crippen LogP contribution in [0.4, 0.5) is 5.13 Å². The van der Waals surface area contributed by atoms with Crippen molar-refractivity contribution in [3.8, 4) is 0 Å². The van der Waals surface area contributed by atoms with Crippen LogP contribution in [0.25, 0.3) is 10.3 Å². The number of fused-ring (bicyclic) bond motifs is 1. The topological polar surface area (TPSA) is 66.3 Å². The summed E-state index contributed by atoms with van der Waals surface area (Å²) in [5.41, 5.74) is 2.00. The van der Waals surface area contributed by atoms with Gasteiger partial charge in [-0.15, -0.1) is 0 Å². The van der Waals surface area contributed by atoms with Crippen LogP contribution < -0.4 is 10.2 Å². The molecule has 1 N–H and O–H groups in total. The van der Waals surface area contributed by atoms with Crippen LogP contribution in [0.15, 0.2) is 0 Å².